The molecule has 0 atom stereocenters. The highest BCUT2D eigenvalue weighted by molar-refractivity contribution is 7.89. The number of methoxy groups -OCH3 is 1. The summed E-state index contributed by atoms with van der Waals surface area (Å²) in [6.45, 7) is 0. The van der Waals surface area contributed by atoms with E-state index in [1.807, 2.05) is 0 Å². The molecule has 0 saturated carbocycles. The molecule has 0 aliphatic heterocycles. The molecule has 0 radical (unpaired) electrons. The number of rotatable bonds is 2. The average Bonchev–Trinajstić information content (AvgIpc) is 2.07. The standard InChI is InChI=1S/C7H7Cl2NO3S/c1-13-7-5(14(10,11)12)3-2-4(8)6(7)9/h2-3H,1H3,(H2,10,11,12). The van der Waals surface area contributed by atoms with Gasteiger partial charge in [0.1, 0.15) is 9.92 Å². The summed E-state index contributed by atoms with van der Waals surface area (Å²) in [6.07, 6.45) is 0. The molecule has 0 amide bonds. The lowest BCUT2D eigenvalue weighted by Gasteiger charge is -2.08. The molecule has 2 N–H and O–H groups in total. The molecule has 0 aliphatic rings. The summed E-state index contributed by atoms with van der Waals surface area (Å²) in [5, 5.41) is 5.18. The van der Waals surface area contributed by atoms with Crippen molar-refractivity contribution < 1.29 is 13.2 Å². The lowest BCUT2D eigenvalue weighted by Crippen LogP contribution is -2.13. The van der Waals surface area contributed by atoms with Crippen LogP contribution in [0.15, 0.2) is 17.0 Å². The van der Waals surface area contributed by atoms with Crippen LogP contribution in [0.1, 0.15) is 0 Å². The van der Waals surface area contributed by atoms with E-state index in [-0.39, 0.29) is 20.7 Å². The minimum absolute atomic E-state index is 0.0284. The molecule has 0 aromatic heterocycles. The van der Waals surface area contributed by atoms with E-state index in [1.165, 1.54) is 19.2 Å². The second-order valence-electron chi connectivity index (χ2n) is 2.44. The van der Waals surface area contributed by atoms with Gasteiger partial charge in [0.25, 0.3) is 0 Å². The van der Waals surface area contributed by atoms with Gasteiger partial charge in [0.15, 0.2) is 5.75 Å². The van der Waals surface area contributed by atoms with Crippen molar-refractivity contribution in [2.75, 3.05) is 7.11 Å². The maximum absolute atomic E-state index is 11.1. The van der Waals surface area contributed by atoms with Gasteiger partial charge < -0.3 is 4.74 Å². The number of hydrogen-bond acceptors (Lipinski definition) is 3. The third-order valence-corrected chi connectivity index (χ3v) is 3.25. The Morgan fingerprint density at radius 3 is 2.36 bits per heavy atom. The van der Waals surface area contributed by atoms with Gasteiger partial charge in [-0.3, -0.25) is 0 Å². The van der Waals surface area contributed by atoms with Gasteiger partial charge in [-0.05, 0) is 12.1 Å². The van der Waals surface area contributed by atoms with E-state index in [1.54, 1.807) is 0 Å². The lowest BCUT2D eigenvalue weighted by molar-refractivity contribution is 0.403. The fraction of sp³-hybridized carbons (Fsp3) is 0.143. The van der Waals surface area contributed by atoms with E-state index in [9.17, 15) is 8.42 Å². The zero-order chi connectivity index (χ0) is 10.9. The highest BCUT2D eigenvalue weighted by Crippen LogP contribution is 2.36. The summed E-state index contributed by atoms with van der Waals surface area (Å²) in [7, 11) is -2.57. The van der Waals surface area contributed by atoms with E-state index in [0.29, 0.717) is 0 Å². The molecule has 1 rings (SSSR count). The minimum Gasteiger partial charge on any atom is -0.494 e. The highest BCUT2D eigenvalue weighted by Gasteiger charge is 2.19. The molecule has 0 saturated heterocycles. The average molecular weight is 256 g/mol. The summed E-state index contributed by atoms with van der Waals surface area (Å²) in [5.41, 5.74) is 0. The number of ether oxygens (including phenoxy) is 1. The molecule has 7 heteroatoms. The van der Waals surface area contributed by atoms with Crippen LogP contribution in [0, 0.1) is 0 Å². The first-order valence-corrected chi connectivity index (χ1v) is 5.73. The normalized spacial score (nSPS) is 11.4. The van der Waals surface area contributed by atoms with Gasteiger partial charge in [0.2, 0.25) is 10.0 Å². The van der Waals surface area contributed by atoms with Gasteiger partial charge in [0.05, 0.1) is 12.1 Å². The Hall–Kier alpha value is -0.490. The van der Waals surface area contributed by atoms with Crippen LogP contribution in [0.3, 0.4) is 0 Å². The molecule has 0 fully saturated rings. The second kappa shape index (κ2) is 3.94. The van der Waals surface area contributed by atoms with Gasteiger partial charge in [-0.15, -0.1) is 0 Å². The van der Waals surface area contributed by atoms with Gasteiger partial charge in [-0.25, -0.2) is 13.6 Å². The minimum atomic E-state index is -3.85. The quantitative estimate of drug-likeness (QED) is 0.874. The van der Waals surface area contributed by atoms with E-state index >= 15 is 0 Å². The number of sulfonamides is 1. The van der Waals surface area contributed by atoms with Crippen molar-refractivity contribution in [2.24, 2.45) is 5.14 Å². The Bertz CT molecular complexity index is 458. The Balaban J connectivity index is 3.55. The molecular formula is C7H7Cl2NO3S. The summed E-state index contributed by atoms with van der Waals surface area (Å²) in [6, 6.07) is 2.58. The van der Waals surface area contributed by atoms with Crippen molar-refractivity contribution in [3.8, 4) is 5.75 Å². The van der Waals surface area contributed by atoms with Crippen molar-refractivity contribution in [3.05, 3.63) is 22.2 Å². The highest BCUT2D eigenvalue weighted by atomic mass is 35.5. The van der Waals surface area contributed by atoms with Crippen LogP contribution >= 0.6 is 23.2 Å². The number of benzene rings is 1. The maximum Gasteiger partial charge on any atom is 0.241 e. The summed E-state index contributed by atoms with van der Waals surface area (Å²) in [5.74, 6) is -0.0401. The number of nitrogens with two attached hydrogens (primary N) is 1. The SMILES string of the molecule is COc1c(S(N)(=O)=O)ccc(Cl)c1Cl. The van der Waals surface area contributed by atoms with Crippen molar-refractivity contribution in [2.45, 2.75) is 4.90 Å². The molecular weight excluding hydrogens is 249 g/mol. The van der Waals surface area contributed by atoms with Crippen molar-refractivity contribution in [3.63, 3.8) is 0 Å². The smallest absolute Gasteiger partial charge is 0.241 e. The van der Waals surface area contributed by atoms with Crippen molar-refractivity contribution in [1.29, 1.82) is 0 Å². The third-order valence-electron chi connectivity index (χ3n) is 1.52. The van der Waals surface area contributed by atoms with E-state index in [0.717, 1.165) is 0 Å². The fourth-order valence-electron chi connectivity index (χ4n) is 0.929. The summed E-state index contributed by atoms with van der Waals surface area (Å²) in [4.78, 5) is -0.186. The lowest BCUT2D eigenvalue weighted by atomic mass is 10.3. The first-order chi connectivity index (χ1) is 6.38. The maximum atomic E-state index is 11.1. The van der Waals surface area contributed by atoms with Crippen LogP contribution in [-0.4, -0.2) is 15.5 Å². The van der Waals surface area contributed by atoms with Gasteiger partial charge in [-0.2, -0.15) is 0 Å². The summed E-state index contributed by atoms with van der Waals surface area (Å²) >= 11 is 11.4. The molecule has 0 spiro atoms. The van der Waals surface area contributed by atoms with Gasteiger partial charge in [-0.1, -0.05) is 23.2 Å². The van der Waals surface area contributed by atoms with Crippen LogP contribution in [0.2, 0.25) is 10.0 Å². The monoisotopic (exact) mass is 255 g/mol. The van der Waals surface area contributed by atoms with Crippen LogP contribution in [0.5, 0.6) is 5.75 Å². The van der Waals surface area contributed by atoms with Crippen LogP contribution in [0.4, 0.5) is 0 Å². The van der Waals surface area contributed by atoms with E-state index in [4.69, 9.17) is 33.1 Å². The number of halogens is 2. The number of primary sulfonamides is 1. The molecule has 1 aromatic rings. The topological polar surface area (TPSA) is 69.4 Å². The predicted octanol–water partition coefficient (Wildman–Crippen LogP) is 1.65. The van der Waals surface area contributed by atoms with Crippen LogP contribution < -0.4 is 9.88 Å². The third kappa shape index (κ3) is 2.12. The Morgan fingerprint density at radius 2 is 1.93 bits per heavy atom. The fourth-order valence-corrected chi connectivity index (χ4v) is 2.08. The van der Waals surface area contributed by atoms with Gasteiger partial charge >= 0.3 is 0 Å². The first-order valence-electron chi connectivity index (χ1n) is 3.42. The number of hydrogen-bond donors (Lipinski definition) is 1. The Morgan fingerprint density at radius 1 is 1.36 bits per heavy atom. The first kappa shape index (κ1) is 11.6. The van der Waals surface area contributed by atoms with E-state index in [2.05, 4.69) is 0 Å². The molecule has 1 aromatic carbocycles. The molecule has 0 heterocycles. The zero-order valence-electron chi connectivity index (χ0n) is 7.12. The molecule has 0 unspecified atom stereocenters. The predicted molar refractivity (Wildman–Crippen MR) is 54.4 cm³/mol. The Labute approximate surface area is 91.6 Å². The van der Waals surface area contributed by atoms with Crippen LogP contribution in [-0.2, 0) is 10.0 Å². The largest absolute Gasteiger partial charge is 0.494 e. The molecule has 4 nitrogen and oxygen atoms in total. The summed E-state index contributed by atoms with van der Waals surface area (Å²) < 4.78 is 27.0. The molecule has 78 valence electrons. The van der Waals surface area contributed by atoms with Crippen molar-refractivity contribution in [1.82, 2.24) is 0 Å². The molecule has 0 bridgehead atoms. The molecule has 0 aliphatic carbocycles. The van der Waals surface area contributed by atoms with Crippen molar-refractivity contribution >= 4 is 33.2 Å². The second-order valence-corrected chi connectivity index (χ2v) is 4.75. The van der Waals surface area contributed by atoms with Gasteiger partial charge in [0, 0.05) is 0 Å². The molecule has 14 heavy (non-hydrogen) atoms. The van der Waals surface area contributed by atoms with E-state index < -0.39 is 10.0 Å². The Kier molecular flexibility index (Phi) is 3.26. The zero-order valence-corrected chi connectivity index (χ0v) is 9.45. The van der Waals surface area contributed by atoms with Crippen LogP contribution in [0.25, 0.3) is 0 Å².